The third-order valence-corrected chi connectivity index (χ3v) is 5.36. The first kappa shape index (κ1) is 14.8. The number of sulfonamides is 1. The molecule has 122 valence electrons. The van der Waals surface area contributed by atoms with Crippen LogP contribution in [-0.2, 0) is 10.0 Å². The minimum Gasteiger partial charge on any atom is -0.279 e. The summed E-state index contributed by atoms with van der Waals surface area (Å²) in [5.74, 6) is 0.808. The molecule has 2 aromatic carbocycles. The highest BCUT2D eigenvalue weighted by Gasteiger charge is 2.30. The van der Waals surface area contributed by atoms with Gasteiger partial charge in [-0.05, 0) is 47.7 Å². The predicted molar refractivity (Wildman–Crippen MR) is 88.8 cm³/mol. The van der Waals surface area contributed by atoms with Gasteiger partial charge in [-0.15, -0.1) is 10.2 Å². The molecular weight excluding hydrogens is 326 g/mol. The van der Waals surface area contributed by atoms with Crippen LogP contribution in [-0.4, -0.2) is 29.0 Å². The topological polar surface area (TPSA) is 101 Å². The summed E-state index contributed by atoms with van der Waals surface area (Å²) < 4.78 is 28.0. The first-order valence-electron chi connectivity index (χ1n) is 7.60. The number of hydrogen-bond acceptors (Lipinski definition) is 5. The lowest BCUT2D eigenvalue weighted by Crippen LogP contribution is -2.14. The summed E-state index contributed by atoms with van der Waals surface area (Å²) in [6.07, 6.45) is 2.17. The Kier molecular flexibility index (Phi) is 3.53. The minimum absolute atomic E-state index is 0.209. The van der Waals surface area contributed by atoms with E-state index in [0.717, 1.165) is 18.4 Å². The second-order valence-electron chi connectivity index (χ2n) is 5.70. The molecule has 0 aliphatic heterocycles. The summed E-state index contributed by atoms with van der Waals surface area (Å²) in [5, 5.41) is 14.1. The van der Waals surface area contributed by atoms with E-state index in [-0.39, 0.29) is 4.90 Å². The molecule has 0 saturated heterocycles. The normalized spacial score (nSPS) is 14.5. The molecule has 0 amide bonds. The van der Waals surface area contributed by atoms with E-state index in [9.17, 15) is 8.42 Å². The number of rotatable bonds is 5. The Balaban J connectivity index is 1.80. The largest absolute Gasteiger partial charge is 0.279 e. The number of aromatic amines is 1. The Morgan fingerprint density at radius 1 is 1.04 bits per heavy atom. The Morgan fingerprint density at radius 2 is 1.83 bits per heavy atom. The van der Waals surface area contributed by atoms with Crippen molar-refractivity contribution in [3.63, 3.8) is 0 Å². The number of tetrazole rings is 1. The van der Waals surface area contributed by atoms with Gasteiger partial charge in [0, 0.05) is 0 Å². The molecule has 0 unspecified atom stereocenters. The highest BCUT2D eigenvalue weighted by molar-refractivity contribution is 7.92. The van der Waals surface area contributed by atoms with Crippen molar-refractivity contribution in [1.82, 2.24) is 20.6 Å². The maximum absolute atomic E-state index is 12.6. The van der Waals surface area contributed by atoms with E-state index in [1.165, 1.54) is 0 Å². The lowest BCUT2D eigenvalue weighted by molar-refractivity contribution is 0.601. The summed E-state index contributed by atoms with van der Waals surface area (Å²) in [6.45, 7) is 0. The van der Waals surface area contributed by atoms with Crippen molar-refractivity contribution >= 4 is 15.7 Å². The van der Waals surface area contributed by atoms with Crippen LogP contribution in [0.1, 0.15) is 24.3 Å². The predicted octanol–water partition coefficient (Wildman–Crippen LogP) is 2.54. The van der Waals surface area contributed by atoms with Gasteiger partial charge in [-0.25, -0.2) is 8.42 Å². The lowest BCUT2D eigenvalue weighted by atomic mass is 10.0. The van der Waals surface area contributed by atoms with Crippen molar-refractivity contribution in [2.75, 3.05) is 4.72 Å². The standard InChI is InChI=1S/C16H15N5O2S/c22-24(23,12-5-2-1-3-6-12)19-14-8-4-7-13(11-9-10-11)15(14)16-17-20-21-18-16/h1-8,11,19H,9-10H2,(H,17,18,20,21). The summed E-state index contributed by atoms with van der Waals surface area (Å²) in [6, 6.07) is 13.8. The van der Waals surface area contributed by atoms with Crippen LogP contribution in [0.3, 0.4) is 0 Å². The van der Waals surface area contributed by atoms with E-state index in [4.69, 9.17) is 0 Å². The molecule has 1 saturated carbocycles. The van der Waals surface area contributed by atoms with E-state index in [1.807, 2.05) is 12.1 Å². The third kappa shape index (κ3) is 2.76. The molecule has 1 aliphatic rings. The molecule has 0 atom stereocenters. The van der Waals surface area contributed by atoms with Crippen LogP contribution in [0.5, 0.6) is 0 Å². The molecule has 0 bridgehead atoms. The van der Waals surface area contributed by atoms with Crippen molar-refractivity contribution in [3.05, 3.63) is 54.1 Å². The summed E-state index contributed by atoms with van der Waals surface area (Å²) in [4.78, 5) is 0.209. The molecule has 1 aliphatic carbocycles. The van der Waals surface area contributed by atoms with Crippen LogP contribution in [0.15, 0.2) is 53.4 Å². The molecule has 1 fully saturated rings. The SMILES string of the molecule is O=S(=O)(Nc1cccc(C2CC2)c1-c1nn[nH]n1)c1ccccc1. The van der Waals surface area contributed by atoms with Crippen molar-refractivity contribution in [2.24, 2.45) is 0 Å². The average Bonchev–Trinajstić information content (AvgIpc) is 3.30. The van der Waals surface area contributed by atoms with E-state index in [1.54, 1.807) is 36.4 Å². The van der Waals surface area contributed by atoms with Gasteiger partial charge in [-0.3, -0.25) is 4.72 Å². The minimum atomic E-state index is -3.69. The molecule has 0 spiro atoms. The Labute approximate surface area is 139 Å². The van der Waals surface area contributed by atoms with Gasteiger partial charge in [-0.2, -0.15) is 5.21 Å². The molecule has 8 heteroatoms. The molecule has 7 nitrogen and oxygen atoms in total. The van der Waals surface area contributed by atoms with Crippen molar-refractivity contribution in [2.45, 2.75) is 23.7 Å². The highest BCUT2D eigenvalue weighted by Crippen LogP contribution is 2.46. The number of anilines is 1. The number of hydrogen-bond donors (Lipinski definition) is 2. The molecule has 2 N–H and O–H groups in total. The van der Waals surface area contributed by atoms with Crippen LogP contribution < -0.4 is 4.72 Å². The van der Waals surface area contributed by atoms with Crippen molar-refractivity contribution in [3.8, 4) is 11.4 Å². The van der Waals surface area contributed by atoms with E-state index in [2.05, 4.69) is 25.3 Å². The van der Waals surface area contributed by atoms with Gasteiger partial charge in [0.25, 0.3) is 10.0 Å². The molecular formula is C16H15N5O2S. The van der Waals surface area contributed by atoms with E-state index < -0.39 is 10.0 Å². The molecule has 4 rings (SSSR count). The maximum atomic E-state index is 12.6. The Hall–Kier alpha value is -2.74. The first-order chi connectivity index (χ1) is 11.6. The van der Waals surface area contributed by atoms with Gasteiger partial charge in [-0.1, -0.05) is 30.3 Å². The van der Waals surface area contributed by atoms with Gasteiger partial charge in [0.05, 0.1) is 16.1 Å². The number of aromatic nitrogens is 4. The fourth-order valence-electron chi connectivity index (χ4n) is 2.71. The fourth-order valence-corrected chi connectivity index (χ4v) is 3.80. The zero-order valence-corrected chi connectivity index (χ0v) is 13.5. The smallest absolute Gasteiger partial charge is 0.261 e. The van der Waals surface area contributed by atoms with E-state index >= 15 is 0 Å². The van der Waals surface area contributed by atoms with Crippen LogP contribution >= 0.6 is 0 Å². The zero-order valence-electron chi connectivity index (χ0n) is 12.7. The molecule has 1 heterocycles. The third-order valence-electron chi connectivity index (χ3n) is 3.98. The number of benzene rings is 2. The Bertz CT molecular complexity index is 951. The number of H-pyrrole nitrogens is 1. The number of nitrogens with zero attached hydrogens (tertiary/aromatic N) is 3. The molecule has 24 heavy (non-hydrogen) atoms. The van der Waals surface area contributed by atoms with Crippen LogP contribution in [0.25, 0.3) is 11.4 Å². The van der Waals surface area contributed by atoms with Gasteiger partial charge < -0.3 is 0 Å². The lowest BCUT2D eigenvalue weighted by Gasteiger charge is -2.14. The molecule has 3 aromatic rings. The first-order valence-corrected chi connectivity index (χ1v) is 9.08. The van der Waals surface area contributed by atoms with Crippen molar-refractivity contribution in [1.29, 1.82) is 0 Å². The second kappa shape index (κ2) is 5.72. The maximum Gasteiger partial charge on any atom is 0.261 e. The fraction of sp³-hybridized carbons (Fsp3) is 0.188. The Morgan fingerprint density at radius 3 is 2.50 bits per heavy atom. The van der Waals surface area contributed by atoms with Crippen LogP contribution in [0.2, 0.25) is 0 Å². The van der Waals surface area contributed by atoms with Gasteiger partial charge in [0.15, 0.2) is 0 Å². The van der Waals surface area contributed by atoms with E-state index in [0.29, 0.717) is 23.0 Å². The van der Waals surface area contributed by atoms with Gasteiger partial charge in [0.2, 0.25) is 5.82 Å². The van der Waals surface area contributed by atoms with Crippen molar-refractivity contribution < 1.29 is 8.42 Å². The molecule has 1 aromatic heterocycles. The average molecular weight is 341 g/mol. The quantitative estimate of drug-likeness (QED) is 0.743. The zero-order chi connectivity index (χ0) is 16.6. The summed E-state index contributed by atoms with van der Waals surface area (Å²) in [7, 11) is -3.69. The van der Waals surface area contributed by atoms with Gasteiger partial charge >= 0.3 is 0 Å². The molecule has 0 radical (unpaired) electrons. The number of nitrogens with one attached hydrogen (secondary N) is 2. The van der Waals surface area contributed by atoms with Crippen LogP contribution in [0.4, 0.5) is 5.69 Å². The summed E-state index contributed by atoms with van der Waals surface area (Å²) >= 11 is 0. The highest BCUT2D eigenvalue weighted by atomic mass is 32.2. The summed E-state index contributed by atoms with van der Waals surface area (Å²) in [5.41, 5.74) is 2.20. The second-order valence-corrected chi connectivity index (χ2v) is 7.38. The monoisotopic (exact) mass is 341 g/mol. The van der Waals surface area contributed by atoms with Gasteiger partial charge in [0.1, 0.15) is 0 Å². The van der Waals surface area contributed by atoms with Crippen LogP contribution in [0, 0.1) is 0 Å².